The molecule has 0 fully saturated rings. The molecule has 0 aliphatic carbocycles. The van der Waals surface area contributed by atoms with Crippen molar-refractivity contribution in [3.63, 3.8) is 0 Å². The van der Waals surface area contributed by atoms with Crippen LogP contribution in [-0.2, 0) is 4.57 Å². The van der Waals surface area contributed by atoms with E-state index in [0.717, 1.165) is 16.4 Å². The Kier molecular flexibility index (Phi) is 4.75. The zero-order chi connectivity index (χ0) is 19.1. The first-order valence-electron chi connectivity index (χ1n) is 9.18. The molecule has 3 aromatic carbocycles. The molecule has 0 amide bonds. The van der Waals surface area contributed by atoms with Gasteiger partial charge in [0, 0.05) is 5.16 Å². The lowest BCUT2D eigenvalue weighted by molar-refractivity contribution is 0.389. The lowest BCUT2D eigenvalue weighted by atomic mass is 10.3. The van der Waals surface area contributed by atoms with Crippen LogP contribution in [-0.4, -0.2) is 11.5 Å². The Bertz CT molecular complexity index is 952. The molecular formula is C23H24O2P2. The third kappa shape index (κ3) is 3.16. The van der Waals surface area contributed by atoms with Crippen molar-refractivity contribution >= 4 is 36.3 Å². The average molecular weight is 394 g/mol. The van der Waals surface area contributed by atoms with Gasteiger partial charge >= 0.3 is 0 Å². The van der Waals surface area contributed by atoms with E-state index in [1.54, 1.807) is 0 Å². The van der Waals surface area contributed by atoms with E-state index in [9.17, 15) is 4.57 Å². The molecule has 4 rings (SSSR count). The molecule has 1 aliphatic heterocycles. The summed E-state index contributed by atoms with van der Waals surface area (Å²) in [5.74, 6) is 0.796. The highest BCUT2D eigenvalue weighted by atomic mass is 31.2. The summed E-state index contributed by atoms with van der Waals surface area (Å²) in [6.07, 6.45) is 0.301. The van der Waals surface area contributed by atoms with Crippen LogP contribution in [0.5, 0.6) is 5.75 Å². The van der Waals surface area contributed by atoms with Gasteiger partial charge in [-0.3, -0.25) is 0 Å². The molecule has 0 N–H and O–H groups in total. The number of ether oxygens (including phenoxy) is 1. The zero-order valence-corrected chi connectivity index (χ0v) is 17.7. The second-order valence-corrected chi connectivity index (χ2v) is 13.5. The maximum atomic E-state index is 14.1. The first-order chi connectivity index (χ1) is 12.9. The minimum Gasteiger partial charge on any atom is -0.485 e. The highest BCUT2D eigenvalue weighted by Crippen LogP contribution is 2.61. The first kappa shape index (κ1) is 18.5. The zero-order valence-electron chi connectivity index (χ0n) is 15.9. The van der Waals surface area contributed by atoms with Gasteiger partial charge in [0.2, 0.25) is 0 Å². The Morgan fingerprint density at radius 1 is 0.815 bits per heavy atom. The van der Waals surface area contributed by atoms with Crippen LogP contribution in [0, 0.1) is 0 Å². The molecule has 0 bridgehead atoms. The Morgan fingerprint density at radius 3 is 1.89 bits per heavy atom. The van der Waals surface area contributed by atoms with Crippen LogP contribution < -0.4 is 26.0 Å². The van der Waals surface area contributed by atoms with Crippen LogP contribution in [0.2, 0.25) is 0 Å². The molecule has 0 aromatic heterocycles. The van der Waals surface area contributed by atoms with Crippen molar-refractivity contribution in [1.82, 2.24) is 0 Å². The topological polar surface area (TPSA) is 26.3 Å². The van der Waals surface area contributed by atoms with E-state index in [0.29, 0.717) is 6.35 Å². The van der Waals surface area contributed by atoms with Crippen molar-refractivity contribution in [1.29, 1.82) is 0 Å². The molecule has 2 nitrogen and oxygen atoms in total. The molecule has 0 saturated heterocycles. The molecule has 0 spiro atoms. The molecular weight excluding hydrogens is 370 g/mol. The van der Waals surface area contributed by atoms with Gasteiger partial charge in [-0.25, -0.2) is 0 Å². The van der Waals surface area contributed by atoms with Crippen LogP contribution in [0.3, 0.4) is 0 Å². The largest absolute Gasteiger partial charge is 0.485 e. The van der Waals surface area contributed by atoms with Crippen LogP contribution >= 0.6 is 15.1 Å². The van der Waals surface area contributed by atoms with E-state index >= 15 is 0 Å². The molecule has 0 saturated carbocycles. The smallest absolute Gasteiger partial charge is 0.160 e. The van der Waals surface area contributed by atoms with Crippen molar-refractivity contribution in [2.75, 3.05) is 6.35 Å². The van der Waals surface area contributed by atoms with Gasteiger partial charge in [-0.1, -0.05) is 93.6 Å². The molecule has 1 atom stereocenters. The van der Waals surface area contributed by atoms with E-state index in [2.05, 4.69) is 75.4 Å². The number of hydrogen-bond acceptors (Lipinski definition) is 2. The fourth-order valence-electron chi connectivity index (χ4n) is 3.51. The lowest BCUT2D eigenvalue weighted by Gasteiger charge is -2.30. The lowest BCUT2D eigenvalue weighted by Crippen LogP contribution is -2.34. The van der Waals surface area contributed by atoms with E-state index in [-0.39, 0.29) is 5.16 Å². The second-order valence-electron chi connectivity index (χ2n) is 7.81. The van der Waals surface area contributed by atoms with Gasteiger partial charge in [0.25, 0.3) is 0 Å². The van der Waals surface area contributed by atoms with Crippen molar-refractivity contribution in [2.24, 2.45) is 0 Å². The first-order valence-corrected chi connectivity index (χ1v) is 12.4. The van der Waals surface area contributed by atoms with Crippen LogP contribution in [0.4, 0.5) is 0 Å². The predicted octanol–water partition coefficient (Wildman–Crippen LogP) is 4.58. The van der Waals surface area contributed by atoms with Crippen LogP contribution in [0.25, 0.3) is 0 Å². The van der Waals surface area contributed by atoms with Gasteiger partial charge in [0.1, 0.15) is 12.1 Å². The highest BCUT2D eigenvalue weighted by Gasteiger charge is 2.47. The third-order valence-electron chi connectivity index (χ3n) is 5.09. The van der Waals surface area contributed by atoms with Gasteiger partial charge in [0.15, 0.2) is 7.14 Å². The molecule has 0 radical (unpaired) electrons. The van der Waals surface area contributed by atoms with E-state index in [1.165, 1.54) is 10.6 Å². The SMILES string of the molecule is CC(C)(C)P1(=O)COc2cccc(P(c3ccccc3)c3ccccc3)c21. The molecule has 4 heteroatoms. The van der Waals surface area contributed by atoms with Crippen molar-refractivity contribution in [3.05, 3.63) is 78.9 Å². The van der Waals surface area contributed by atoms with Crippen molar-refractivity contribution in [3.8, 4) is 5.75 Å². The Hall–Kier alpha value is -1.88. The molecule has 1 heterocycles. The maximum Gasteiger partial charge on any atom is 0.160 e. The summed E-state index contributed by atoms with van der Waals surface area (Å²) in [4.78, 5) is 0. The fourth-order valence-corrected chi connectivity index (χ4v) is 9.09. The Balaban J connectivity index is 1.99. The van der Waals surface area contributed by atoms with Gasteiger partial charge < -0.3 is 9.30 Å². The summed E-state index contributed by atoms with van der Waals surface area (Å²) in [5.41, 5.74) is 0. The van der Waals surface area contributed by atoms with Crippen molar-refractivity contribution in [2.45, 2.75) is 25.9 Å². The molecule has 1 aliphatic rings. The van der Waals surface area contributed by atoms with Gasteiger partial charge in [0.05, 0.1) is 5.30 Å². The summed E-state index contributed by atoms with van der Waals surface area (Å²) >= 11 is 0. The average Bonchev–Trinajstić information content (AvgIpc) is 3.03. The number of rotatable bonds is 3. The van der Waals surface area contributed by atoms with Gasteiger partial charge in [-0.15, -0.1) is 0 Å². The number of hydrogen-bond donors (Lipinski definition) is 0. The fraction of sp³-hybridized carbons (Fsp3) is 0.217. The maximum absolute atomic E-state index is 14.1. The molecule has 138 valence electrons. The third-order valence-corrected chi connectivity index (χ3v) is 11.6. The highest BCUT2D eigenvalue weighted by molar-refractivity contribution is 7.83. The second kappa shape index (κ2) is 6.93. The summed E-state index contributed by atoms with van der Waals surface area (Å²) in [5, 5.41) is 4.31. The van der Waals surface area contributed by atoms with E-state index in [4.69, 9.17) is 4.74 Å². The normalized spacial score (nSPS) is 19.0. The van der Waals surface area contributed by atoms with Crippen LogP contribution in [0.15, 0.2) is 78.9 Å². The minimum atomic E-state index is -2.68. The van der Waals surface area contributed by atoms with Crippen LogP contribution in [0.1, 0.15) is 20.8 Å². The standard InChI is InChI=1S/C23H24O2P2/c1-23(2,3)27(24)17-25-20-15-10-16-21(22(20)27)26(18-11-6-4-7-12-18)19-13-8-5-9-14-19/h4-16H,17H2,1-3H3. The summed E-state index contributed by atoms with van der Waals surface area (Å²) in [6.45, 7) is 6.20. The summed E-state index contributed by atoms with van der Waals surface area (Å²) < 4.78 is 20.1. The monoisotopic (exact) mass is 394 g/mol. The molecule has 27 heavy (non-hydrogen) atoms. The number of fused-ring (bicyclic) bond motifs is 1. The van der Waals surface area contributed by atoms with E-state index in [1.807, 2.05) is 24.3 Å². The minimum absolute atomic E-state index is 0.301. The Labute approximate surface area is 162 Å². The molecule has 1 unspecified atom stereocenters. The number of benzene rings is 3. The summed E-state index contributed by atoms with van der Waals surface area (Å²) in [7, 11) is -3.49. The quantitative estimate of drug-likeness (QED) is 0.608. The molecule has 3 aromatic rings. The summed E-state index contributed by atoms with van der Waals surface area (Å²) in [6, 6.07) is 27.3. The predicted molar refractivity (Wildman–Crippen MR) is 118 cm³/mol. The van der Waals surface area contributed by atoms with Crippen molar-refractivity contribution < 1.29 is 9.30 Å². The van der Waals surface area contributed by atoms with Gasteiger partial charge in [-0.2, -0.15) is 0 Å². The van der Waals surface area contributed by atoms with E-state index < -0.39 is 15.1 Å². The van der Waals surface area contributed by atoms with Gasteiger partial charge in [-0.05, 0) is 29.9 Å². The Morgan fingerprint density at radius 2 is 1.37 bits per heavy atom.